The van der Waals surface area contributed by atoms with Gasteiger partial charge in [-0.3, -0.25) is 19.2 Å². The fraction of sp³-hybridized carbons (Fsp3) is 0.290. The Balaban J connectivity index is 1.33. The summed E-state index contributed by atoms with van der Waals surface area (Å²) in [4.78, 5) is 58.9. The Bertz CT molecular complexity index is 1360. The smallest absolute Gasteiger partial charge is 0.221 e. The van der Waals surface area contributed by atoms with E-state index in [9.17, 15) is 19.2 Å². The van der Waals surface area contributed by atoms with Gasteiger partial charge in [0.25, 0.3) is 0 Å². The second-order valence-corrected chi connectivity index (χ2v) is 9.59. The Morgan fingerprint density at radius 2 is 1.82 bits per heavy atom. The number of amides is 2. The first-order valence-electron chi connectivity index (χ1n) is 13.2. The summed E-state index contributed by atoms with van der Waals surface area (Å²) in [5.74, 6) is 0.454. The van der Waals surface area contributed by atoms with Crippen LogP contribution in [0.4, 0.5) is 5.69 Å². The standard InChI is InChI=1S/C31H32N2O7/c1-21(35)33-28-17-24(12-15-29(28)38-18-23-6-3-2-4-7-23)31(37)27(32-20-34)14-13-26(36)9-5-8-22-10-11-25-19-39-40-30(25)16-22/h2-4,6-7,10-12,15-17,20,27H,5,8-9,13-14,18-19H2,1H3,(H,32,34)(H,33,35). The maximum atomic E-state index is 13.3. The highest BCUT2D eigenvalue weighted by Crippen LogP contribution is 2.29. The van der Waals surface area contributed by atoms with Crippen molar-refractivity contribution >= 4 is 29.6 Å². The summed E-state index contributed by atoms with van der Waals surface area (Å²) in [6.45, 7) is 2.08. The zero-order valence-electron chi connectivity index (χ0n) is 22.3. The van der Waals surface area contributed by atoms with E-state index in [1.165, 1.54) is 13.0 Å². The average Bonchev–Trinajstić information content (AvgIpc) is 3.42. The van der Waals surface area contributed by atoms with E-state index in [0.717, 1.165) is 16.7 Å². The molecule has 0 aromatic heterocycles. The van der Waals surface area contributed by atoms with Crippen molar-refractivity contribution in [1.82, 2.24) is 5.32 Å². The Hall–Kier alpha value is -4.50. The molecule has 1 unspecified atom stereocenters. The van der Waals surface area contributed by atoms with Crippen molar-refractivity contribution in [3.63, 3.8) is 0 Å². The highest BCUT2D eigenvalue weighted by Gasteiger charge is 2.22. The normalized spacial score (nSPS) is 12.5. The SMILES string of the molecule is CC(=O)Nc1cc(C(=O)C(CCC(=O)CCCc2ccc3c(c2)OOC3)NC=O)ccc1OCc1ccccc1. The lowest BCUT2D eigenvalue weighted by molar-refractivity contribution is -0.194. The highest BCUT2D eigenvalue weighted by atomic mass is 17.2. The predicted molar refractivity (Wildman–Crippen MR) is 148 cm³/mol. The van der Waals surface area contributed by atoms with Crippen molar-refractivity contribution in [3.05, 3.63) is 89.0 Å². The summed E-state index contributed by atoms with van der Waals surface area (Å²) >= 11 is 0. The number of carbonyl (C=O) groups excluding carboxylic acids is 4. The molecule has 208 valence electrons. The molecule has 2 amide bonds. The molecule has 1 aliphatic heterocycles. The van der Waals surface area contributed by atoms with Gasteiger partial charge in [-0.2, -0.15) is 4.89 Å². The van der Waals surface area contributed by atoms with E-state index in [0.29, 0.717) is 49.5 Å². The quantitative estimate of drug-likeness (QED) is 0.161. The van der Waals surface area contributed by atoms with E-state index in [4.69, 9.17) is 14.5 Å². The number of nitrogens with one attached hydrogen (secondary N) is 2. The molecule has 1 heterocycles. The molecule has 2 N–H and O–H groups in total. The van der Waals surface area contributed by atoms with Crippen molar-refractivity contribution in [3.8, 4) is 11.5 Å². The average molecular weight is 545 g/mol. The molecule has 0 saturated carbocycles. The number of benzene rings is 3. The van der Waals surface area contributed by atoms with Crippen LogP contribution in [0.2, 0.25) is 0 Å². The predicted octanol–water partition coefficient (Wildman–Crippen LogP) is 4.72. The van der Waals surface area contributed by atoms with E-state index in [2.05, 4.69) is 10.6 Å². The van der Waals surface area contributed by atoms with Gasteiger partial charge in [0.1, 0.15) is 24.7 Å². The number of ether oxygens (including phenoxy) is 1. The van der Waals surface area contributed by atoms with E-state index >= 15 is 0 Å². The van der Waals surface area contributed by atoms with Gasteiger partial charge < -0.3 is 20.3 Å². The number of aryl methyl sites for hydroxylation is 1. The number of Topliss-reactive ketones (excluding diaryl/α,β-unsaturated/α-hetero) is 2. The summed E-state index contributed by atoms with van der Waals surface area (Å²) in [5, 5.41) is 5.24. The summed E-state index contributed by atoms with van der Waals surface area (Å²) in [6, 6.07) is 19.3. The molecule has 1 aliphatic rings. The van der Waals surface area contributed by atoms with Crippen molar-refractivity contribution in [2.45, 2.75) is 58.3 Å². The summed E-state index contributed by atoms with van der Waals surface area (Å²) in [6.07, 6.45) is 2.50. The fourth-order valence-corrected chi connectivity index (χ4v) is 4.43. The summed E-state index contributed by atoms with van der Waals surface area (Å²) in [5.41, 5.74) is 3.63. The molecule has 0 saturated heterocycles. The van der Waals surface area contributed by atoms with Gasteiger partial charge in [0.15, 0.2) is 11.5 Å². The molecule has 0 bridgehead atoms. The lowest BCUT2D eigenvalue weighted by Crippen LogP contribution is -2.36. The van der Waals surface area contributed by atoms with Crippen molar-refractivity contribution in [1.29, 1.82) is 0 Å². The number of fused-ring (bicyclic) bond motifs is 1. The van der Waals surface area contributed by atoms with Gasteiger partial charge in [0.05, 0.1) is 11.7 Å². The molecule has 0 aliphatic carbocycles. The van der Waals surface area contributed by atoms with Crippen LogP contribution in [0.15, 0.2) is 66.7 Å². The number of anilines is 1. The second-order valence-electron chi connectivity index (χ2n) is 9.59. The van der Waals surface area contributed by atoms with Gasteiger partial charge in [0.2, 0.25) is 12.3 Å². The molecule has 9 heteroatoms. The van der Waals surface area contributed by atoms with Crippen LogP contribution in [-0.4, -0.2) is 29.9 Å². The second kappa shape index (κ2) is 14.0. The topological polar surface area (TPSA) is 120 Å². The minimum absolute atomic E-state index is 0.00911. The molecule has 0 fully saturated rings. The van der Waals surface area contributed by atoms with Gasteiger partial charge >= 0.3 is 0 Å². The van der Waals surface area contributed by atoms with Crippen molar-refractivity contribution < 1.29 is 33.7 Å². The molecule has 0 radical (unpaired) electrons. The van der Waals surface area contributed by atoms with Gasteiger partial charge in [-0.1, -0.05) is 42.5 Å². The third-order valence-electron chi connectivity index (χ3n) is 6.53. The van der Waals surface area contributed by atoms with Crippen LogP contribution in [0, 0.1) is 0 Å². The molecule has 4 rings (SSSR count). The van der Waals surface area contributed by atoms with E-state index in [1.807, 2.05) is 48.5 Å². The van der Waals surface area contributed by atoms with E-state index < -0.39 is 6.04 Å². The molecule has 3 aromatic carbocycles. The van der Waals surface area contributed by atoms with Crippen LogP contribution in [0.1, 0.15) is 59.7 Å². The Morgan fingerprint density at radius 3 is 2.60 bits per heavy atom. The monoisotopic (exact) mass is 544 g/mol. The number of hydrogen-bond donors (Lipinski definition) is 2. The number of rotatable bonds is 15. The lowest BCUT2D eigenvalue weighted by Gasteiger charge is -2.17. The van der Waals surface area contributed by atoms with E-state index in [-0.39, 0.29) is 42.5 Å². The van der Waals surface area contributed by atoms with Gasteiger partial charge in [-0.25, -0.2) is 0 Å². The maximum Gasteiger partial charge on any atom is 0.221 e. The number of ketones is 2. The van der Waals surface area contributed by atoms with Gasteiger partial charge in [-0.05, 0) is 54.7 Å². The van der Waals surface area contributed by atoms with Crippen molar-refractivity contribution in [2.75, 3.05) is 5.32 Å². The third kappa shape index (κ3) is 8.00. The fourth-order valence-electron chi connectivity index (χ4n) is 4.43. The zero-order valence-corrected chi connectivity index (χ0v) is 22.3. The largest absolute Gasteiger partial charge is 0.487 e. The van der Waals surface area contributed by atoms with E-state index in [1.54, 1.807) is 12.1 Å². The van der Waals surface area contributed by atoms with Gasteiger partial charge in [0, 0.05) is 30.9 Å². The van der Waals surface area contributed by atoms with Crippen LogP contribution >= 0.6 is 0 Å². The first-order valence-corrected chi connectivity index (χ1v) is 13.2. The zero-order chi connectivity index (χ0) is 28.3. The summed E-state index contributed by atoms with van der Waals surface area (Å²) < 4.78 is 5.88. The third-order valence-corrected chi connectivity index (χ3v) is 6.53. The molecule has 9 nitrogen and oxygen atoms in total. The Kier molecular flexibility index (Phi) is 10.0. The molecular weight excluding hydrogens is 512 g/mol. The number of hydrogen-bond acceptors (Lipinski definition) is 7. The first kappa shape index (κ1) is 28.5. The molecule has 0 spiro atoms. The minimum Gasteiger partial charge on any atom is -0.487 e. The molecule has 3 aromatic rings. The maximum absolute atomic E-state index is 13.3. The van der Waals surface area contributed by atoms with Crippen LogP contribution in [0.3, 0.4) is 0 Å². The highest BCUT2D eigenvalue weighted by molar-refractivity contribution is 6.03. The van der Waals surface area contributed by atoms with Crippen LogP contribution < -0.4 is 20.3 Å². The number of carbonyl (C=O) groups is 4. The summed E-state index contributed by atoms with van der Waals surface area (Å²) in [7, 11) is 0. The Labute approximate surface area is 232 Å². The lowest BCUT2D eigenvalue weighted by atomic mass is 9.97. The first-order chi connectivity index (χ1) is 19.4. The van der Waals surface area contributed by atoms with Crippen LogP contribution in [-0.2, 0) is 38.9 Å². The van der Waals surface area contributed by atoms with Crippen LogP contribution in [0.25, 0.3) is 0 Å². The van der Waals surface area contributed by atoms with Gasteiger partial charge in [-0.15, -0.1) is 0 Å². The molecule has 1 atom stereocenters. The van der Waals surface area contributed by atoms with Crippen LogP contribution in [0.5, 0.6) is 11.5 Å². The molecular formula is C31H32N2O7. The molecule has 40 heavy (non-hydrogen) atoms. The Morgan fingerprint density at radius 1 is 1.00 bits per heavy atom. The minimum atomic E-state index is -0.878. The van der Waals surface area contributed by atoms with Crippen molar-refractivity contribution in [2.24, 2.45) is 0 Å².